The van der Waals surface area contributed by atoms with Crippen molar-refractivity contribution in [1.82, 2.24) is 56.0 Å². The van der Waals surface area contributed by atoms with Gasteiger partial charge in [-0.25, -0.2) is 4.39 Å². The molecule has 0 saturated carbocycles. The maximum absolute atomic E-state index is 14.6. The molecule has 0 bridgehead atoms. The van der Waals surface area contributed by atoms with Gasteiger partial charge in [0.15, 0.2) is 0 Å². The highest BCUT2D eigenvalue weighted by molar-refractivity contribution is 6.07. The molecule has 0 spiro atoms. The number of fused-ring (bicyclic) bond motifs is 1. The summed E-state index contributed by atoms with van der Waals surface area (Å²) in [7, 11) is 0. The monoisotopic (exact) mass is 1170 g/mol. The summed E-state index contributed by atoms with van der Waals surface area (Å²) in [4.78, 5) is 102. The number of aromatic nitrogens is 1. The Hall–Kier alpha value is -8.19. The number of piperidine rings is 1. The van der Waals surface area contributed by atoms with Gasteiger partial charge in [-0.3, -0.25) is 58.1 Å². The number of ether oxygens (including phenoxy) is 3. The normalized spacial score (nSPS) is 19.5. The van der Waals surface area contributed by atoms with E-state index in [0.717, 1.165) is 41.7 Å². The van der Waals surface area contributed by atoms with Gasteiger partial charge in [0.1, 0.15) is 30.9 Å². The molecular formula is C57H78FN15O11. The predicted molar refractivity (Wildman–Crippen MR) is 309 cm³/mol. The second-order valence-electron chi connectivity index (χ2n) is 21.2. The van der Waals surface area contributed by atoms with Gasteiger partial charge in [0, 0.05) is 115 Å². The Bertz CT molecular complexity index is 2780. The maximum Gasteiger partial charge on any atom is 0.317 e. The molecule has 3 atom stereocenters. The van der Waals surface area contributed by atoms with Crippen molar-refractivity contribution in [3.05, 3.63) is 71.4 Å². The number of aliphatic carboxylic acids is 1. The summed E-state index contributed by atoms with van der Waals surface area (Å²) in [5.41, 5.74) is 6.77. The molecule has 5 N–H and O–H groups in total. The van der Waals surface area contributed by atoms with Gasteiger partial charge in [-0.05, 0) is 75.3 Å². The van der Waals surface area contributed by atoms with E-state index in [1.165, 1.54) is 19.3 Å². The van der Waals surface area contributed by atoms with Gasteiger partial charge in [0.05, 0.1) is 62.2 Å². The van der Waals surface area contributed by atoms with E-state index in [1.54, 1.807) is 41.6 Å². The fourth-order valence-corrected chi connectivity index (χ4v) is 9.97. The third-order valence-electron chi connectivity index (χ3n) is 14.6. The standard InChI is InChI=1S/C57H78FN15O11/c1-43-5-7-45(8-6-43)33-65-67-63-17-11-46(66-52(76)36-68-21-22-69(37-55(79)80)24-26-71(40-83-42-75)28-27-70(25-23-68)39-82-41-74)34-64-62-18-13-53(77)72-19-14-44(15-20-72)4-3-29-84-48-9-10-51-50(30-48)49(12-16-60-51)56(81)61-35-54(78)73-38-57(2,58)31-47(73)32-59/h5-10,12,16-17,30,33-34,41-42,44,46-47,62,67H,3-4,11,13-15,18-29,31,35-40H2,1-2H3,(H,61,81)(H,66,76)(H,79,80)/b63-17+,64-34-,65-33+/t46?,47-,57?/m1/s1. The number of benzene rings is 2. The lowest BCUT2D eigenvalue weighted by atomic mass is 9.92. The molecule has 4 heterocycles. The van der Waals surface area contributed by atoms with Gasteiger partial charge in [0.25, 0.3) is 18.9 Å². The van der Waals surface area contributed by atoms with Crippen LogP contribution in [0.25, 0.3) is 10.9 Å². The first-order valence-electron chi connectivity index (χ1n) is 28.2. The zero-order chi connectivity index (χ0) is 60.1. The number of carbonyl (C=O) groups is 7. The number of nitrogens with zero attached hydrogens (tertiary/aromatic N) is 11. The first kappa shape index (κ1) is 65.0. The Morgan fingerprint density at radius 2 is 1.54 bits per heavy atom. The van der Waals surface area contributed by atoms with E-state index in [2.05, 4.69) is 41.9 Å². The fraction of sp³-hybridized carbons (Fsp3) is 0.544. The fourth-order valence-electron chi connectivity index (χ4n) is 9.97. The number of halogens is 1. The van der Waals surface area contributed by atoms with Gasteiger partial charge >= 0.3 is 5.97 Å². The highest BCUT2D eigenvalue weighted by atomic mass is 19.1. The molecule has 26 nitrogen and oxygen atoms in total. The molecule has 3 aromatic rings. The van der Waals surface area contributed by atoms with E-state index in [-0.39, 0.29) is 77.3 Å². The minimum Gasteiger partial charge on any atom is -0.494 e. The van der Waals surface area contributed by atoms with E-state index in [1.807, 2.05) is 56.9 Å². The number of carboxylic acids is 1. The van der Waals surface area contributed by atoms with Crippen LogP contribution in [0.1, 0.15) is 73.4 Å². The Labute approximate surface area is 488 Å². The second kappa shape index (κ2) is 34.4. The summed E-state index contributed by atoms with van der Waals surface area (Å²) in [6.07, 6.45) is 9.94. The van der Waals surface area contributed by atoms with Crippen LogP contribution in [0.5, 0.6) is 5.75 Å². The number of aryl methyl sites for hydroxylation is 1. The Kier molecular flexibility index (Phi) is 26.6. The third-order valence-corrected chi connectivity index (χ3v) is 14.6. The van der Waals surface area contributed by atoms with Crippen molar-refractivity contribution in [3.63, 3.8) is 0 Å². The number of hydrazone groups is 3. The number of carboxylic acid groups (broad SMARTS) is 1. The van der Waals surface area contributed by atoms with Crippen LogP contribution in [0.15, 0.2) is 70.0 Å². The summed E-state index contributed by atoms with van der Waals surface area (Å²) < 4.78 is 30.7. The molecule has 0 aliphatic carbocycles. The largest absolute Gasteiger partial charge is 0.494 e. The van der Waals surface area contributed by atoms with Crippen molar-refractivity contribution < 1.29 is 57.3 Å². The van der Waals surface area contributed by atoms with Crippen molar-refractivity contribution in [2.45, 2.75) is 76.5 Å². The van der Waals surface area contributed by atoms with Crippen molar-refractivity contribution in [2.24, 2.45) is 21.2 Å². The van der Waals surface area contributed by atoms with Gasteiger partial charge in [-0.2, -0.15) is 26.1 Å². The molecule has 3 aliphatic heterocycles. The number of rotatable bonds is 29. The Morgan fingerprint density at radius 3 is 2.19 bits per heavy atom. The number of likely N-dealkylation sites (tertiary alicyclic amines) is 2. The van der Waals surface area contributed by atoms with Crippen molar-refractivity contribution >= 4 is 72.1 Å². The SMILES string of the molecule is Cc1ccc(/C=N/N/N=C/CC(/C=N\NCCC(=O)N2CCC(CCCOc3ccc4nccc(C(=O)NCC(=O)N5CC(C)(F)C[C@@H]5C#N)c4c3)CC2)NC(=O)CN2CCN(COC=O)CCN(COC=O)CCN(CC(=O)O)CC2)cc1. The van der Waals surface area contributed by atoms with E-state index in [0.29, 0.717) is 113 Å². The number of amides is 4. The summed E-state index contributed by atoms with van der Waals surface area (Å²) in [5.74, 6) is -1.43. The summed E-state index contributed by atoms with van der Waals surface area (Å²) in [6.45, 7) is 8.17. The van der Waals surface area contributed by atoms with E-state index >= 15 is 0 Å². The average Bonchev–Trinajstić information content (AvgIpc) is 3.22. The number of nitrogens with one attached hydrogen (secondary N) is 4. The Balaban J connectivity index is 0.953. The molecule has 84 heavy (non-hydrogen) atoms. The molecule has 6 rings (SSSR count). The predicted octanol–water partition coefficient (Wildman–Crippen LogP) is 1.54. The maximum atomic E-state index is 14.6. The molecule has 3 aliphatic rings. The average molecular weight is 1170 g/mol. The molecule has 0 radical (unpaired) electrons. The van der Waals surface area contributed by atoms with Crippen LogP contribution in [-0.2, 0) is 38.2 Å². The molecular weight excluding hydrogens is 1090 g/mol. The Morgan fingerprint density at radius 1 is 0.869 bits per heavy atom. The smallest absolute Gasteiger partial charge is 0.317 e. The van der Waals surface area contributed by atoms with Gasteiger partial charge in [-0.15, -0.1) is 0 Å². The lowest BCUT2D eigenvalue weighted by Gasteiger charge is -2.33. The number of carbonyl (C=O) groups excluding carboxylic acids is 6. The highest BCUT2D eigenvalue weighted by Gasteiger charge is 2.43. The third kappa shape index (κ3) is 22.5. The number of pyridine rings is 1. The van der Waals surface area contributed by atoms with Crippen molar-refractivity contribution in [1.29, 1.82) is 5.26 Å². The van der Waals surface area contributed by atoms with Gasteiger partial charge < -0.3 is 45.2 Å². The lowest BCUT2D eigenvalue weighted by molar-refractivity contribution is -0.139. The van der Waals surface area contributed by atoms with Crippen LogP contribution in [0.2, 0.25) is 0 Å². The van der Waals surface area contributed by atoms with E-state index in [9.17, 15) is 48.3 Å². The van der Waals surface area contributed by atoms with Crippen LogP contribution in [0.3, 0.4) is 0 Å². The zero-order valence-corrected chi connectivity index (χ0v) is 47.8. The number of nitriles is 1. The highest BCUT2D eigenvalue weighted by Crippen LogP contribution is 2.30. The van der Waals surface area contributed by atoms with Crippen LogP contribution in [0.4, 0.5) is 4.39 Å². The molecule has 1 aromatic heterocycles. The molecule has 3 fully saturated rings. The van der Waals surface area contributed by atoms with Crippen LogP contribution < -0.4 is 26.3 Å². The van der Waals surface area contributed by atoms with E-state index < -0.39 is 35.5 Å². The topological polar surface area (TPSA) is 309 Å². The molecule has 454 valence electrons. The minimum absolute atomic E-state index is 0.00271. The first-order valence-corrected chi connectivity index (χ1v) is 28.2. The first-order chi connectivity index (χ1) is 40.6. The molecule has 3 saturated heterocycles. The molecule has 2 aromatic carbocycles. The summed E-state index contributed by atoms with van der Waals surface area (Å²) in [6, 6.07) is 15.1. The van der Waals surface area contributed by atoms with Crippen LogP contribution in [0, 0.1) is 24.2 Å². The number of hydrogen-bond donors (Lipinski definition) is 5. The van der Waals surface area contributed by atoms with Gasteiger partial charge in [-0.1, -0.05) is 29.8 Å². The minimum atomic E-state index is -1.67. The molecule has 2 unspecified atom stereocenters. The second-order valence-corrected chi connectivity index (χ2v) is 21.2. The van der Waals surface area contributed by atoms with Crippen molar-refractivity contribution in [2.75, 3.05) is 118 Å². The lowest BCUT2D eigenvalue weighted by Crippen LogP contribution is -2.50. The zero-order valence-electron chi connectivity index (χ0n) is 47.8. The van der Waals surface area contributed by atoms with Crippen LogP contribution >= 0.6 is 0 Å². The van der Waals surface area contributed by atoms with Crippen LogP contribution in [-0.4, -0.2) is 237 Å². The number of hydrogen-bond acceptors (Lipinski definition) is 21. The van der Waals surface area contributed by atoms with Crippen molar-refractivity contribution in [3.8, 4) is 11.8 Å². The van der Waals surface area contributed by atoms with E-state index in [4.69, 9.17) is 14.2 Å². The summed E-state index contributed by atoms with van der Waals surface area (Å²) in [5, 5.41) is 37.9. The molecule has 4 amide bonds. The van der Waals surface area contributed by atoms with Gasteiger partial charge in [0.2, 0.25) is 17.7 Å². The quantitative estimate of drug-likeness (QED) is 0.0285. The molecule has 27 heteroatoms. The summed E-state index contributed by atoms with van der Waals surface area (Å²) >= 11 is 0. The number of alkyl halides is 1.